The van der Waals surface area contributed by atoms with Gasteiger partial charge < -0.3 is 9.47 Å². The first-order chi connectivity index (χ1) is 11.8. The van der Waals surface area contributed by atoms with E-state index in [1.165, 1.54) is 17.8 Å². The Labute approximate surface area is 147 Å². The van der Waals surface area contributed by atoms with Crippen molar-refractivity contribution >= 4 is 11.3 Å². The Balaban J connectivity index is 1.31. The molecule has 4 rings (SSSR count). The number of aromatic nitrogens is 1. The monoisotopic (exact) mass is 344 g/mol. The second-order valence-corrected chi connectivity index (χ2v) is 7.92. The molecule has 2 aromatic rings. The van der Waals surface area contributed by atoms with Crippen molar-refractivity contribution in [1.82, 2.24) is 9.88 Å². The maximum atomic E-state index is 6.25. The van der Waals surface area contributed by atoms with E-state index >= 15 is 0 Å². The Morgan fingerprint density at radius 1 is 1.38 bits per heavy atom. The quantitative estimate of drug-likeness (QED) is 0.832. The van der Waals surface area contributed by atoms with Gasteiger partial charge in [0, 0.05) is 36.8 Å². The van der Waals surface area contributed by atoms with Crippen molar-refractivity contribution < 1.29 is 9.47 Å². The van der Waals surface area contributed by atoms with Crippen LogP contribution < -0.4 is 0 Å². The Morgan fingerprint density at radius 2 is 2.38 bits per heavy atom. The molecule has 0 radical (unpaired) electrons. The third kappa shape index (κ3) is 3.86. The number of likely N-dealkylation sites (tertiary alicyclic amines) is 1. The molecule has 0 N–H and O–H groups in total. The molecule has 0 aromatic carbocycles. The van der Waals surface area contributed by atoms with Crippen LogP contribution in [0.5, 0.6) is 0 Å². The van der Waals surface area contributed by atoms with E-state index in [0.717, 1.165) is 31.5 Å². The molecule has 128 valence electrons. The molecule has 2 aliphatic rings. The highest BCUT2D eigenvalue weighted by Crippen LogP contribution is 2.36. The van der Waals surface area contributed by atoms with Gasteiger partial charge in [0.05, 0.1) is 24.9 Å². The minimum atomic E-state index is -0.00485. The lowest BCUT2D eigenvalue weighted by Crippen LogP contribution is -2.47. The van der Waals surface area contributed by atoms with E-state index in [4.69, 9.17) is 9.47 Å². The van der Waals surface area contributed by atoms with Crippen molar-refractivity contribution in [1.29, 1.82) is 0 Å². The fraction of sp³-hybridized carbons (Fsp3) is 0.526. The lowest BCUT2D eigenvalue weighted by atomic mass is 9.89. The summed E-state index contributed by atoms with van der Waals surface area (Å²) in [5, 5.41) is 2.16. The predicted octanol–water partition coefficient (Wildman–Crippen LogP) is 3.48. The van der Waals surface area contributed by atoms with Gasteiger partial charge in [0.15, 0.2) is 0 Å². The smallest absolute Gasteiger partial charge is 0.0841 e. The van der Waals surface area contributed by atoms with Gasteiger partial charge in [-0.25, -0.2) is 0 Å². The van der Waals surface area contributed by atoms with Gasteiger partial charge in [-0.2, -0.15) is 0 Å². The zero-order valence-electron chi connectivity index (χ0n) is 13.9. The van der Waals surface area contributed by atoms with Crippen LogP contribution in [-0.2, 0) is 22.6 Å². The second kappa shape index (κ2) is 7.31. The number of ether oxygens (including phenoxy) is 2. The fourth-order valence-corrected chi connectivity index (χ4v) is 4.59. The van der Waals surface area contributed by atoms with E-state index in [1.807, 2.05) is 23.6 Å². The highest BCUT2D eigenvalue weighted by Gasteiger charge is 2.43. The molecular weight excluding hydrogens is 320 g/mol. The number of hydrogen-bond acceptors (Lipinski definition) is 5. The summed E-state index contributed by atoms with van der Waals surface area (Å²) in [5.41, 5.74) is 1.12. The summed E-state index contributed by atoms with van der Waals surface area (Å²) in [6, 6.07) is 8.37. The van der Waals surface area contributed by atoms with Gasteiger partial charge in [0.2, 0.25) is 0 Å². The summed E-state index contributed by atoms with van der Waals surface area (Å²) >= 11 is 1.84. The lowest BCUT2D eigenvalue weighted by Gasteiger charge is -2.39. The van der Waals surface area contributed by atoms with Crippen LogP contribution in [0.4, 0.5) is 0 Å². The zero-order valence-corrected chi connectivity index (χ0v) is 14.7. The van der Waals surface area contributed by atoms with Crippen LogP contribution in [0.3, 0.4) is 0 Å². The summed E-state index contributed by atoms with van der Waals surface area (Å²) in [6.07, 6.45) is 7.23. The summed E-state index contributed by atoms with van der Waals surface area (Å²) in [7, 11) is 0. The molecule has 2 fully saturated rings. The van der Waals surface area contributed by atoms with E-state index in [-0.39, 0.29) is 11.7 Å². The maximum Gasteiger partial charge on any atom is 0.0841 e. The molecule has 4 heterocycles. The average molecular weight is 344 g/mol. The average Bonchev–Trinajstić information content (AvgIpc) is 3.25. The topological polar surface area (TPSA) is 34.6 Å². The molecule has 2 saturated heterocycles. The number of pyridine rings is 1. The molecule has 5 heteroatoms. The van der Waals surface area contributed by atoms with Crippen molar-refractivity contribution in [3.63, 3.8) is 0 Å². The first kappa shape index (κ1) is 16.2. The summed E-state index contributed by atoms with van der Waals surface area (Å²) in [6.45, 7) is 4.58. The third-order valence-electron chi connectivity index (χ3n) is 4.96. The highest BCUT2D eigenvalue weighted by atomic mass is 32.1. The molecule has 2 aromatic heterocycles. The standard InChI is InChI=1S/C19H24N2O2S/c1-4-16(11-20-7-1)13-22-17-10-19(23-14-17)6-3-8-21(15-19)12-18-5-2-9-24-18/h1-2,4-5,7,9,11,17H,3,6,8,10,12-15H2/t17-,19-/m1/s1. The van der Waals surface area contributed by atoms with Crippen LogP contribution in [0.2, 0.25) is 0 Å². The van der Waals surface area contributed by atoms with Crippen molar-refractivity contribution in [2.24, 2.45) is 0 Å². The Kier molecular flexibility index (Phi) is 4.94. The molecule has 24 heavy (non-hydrogen) atoms. The van der Waals surface area contributed by atoms with Crippen molar-refractivity contribution in [2.45, 2.75) is 44.1 Å². The molecule has 0 bridgehead atoms. The van der Waals surface area contributed by atoms with Gasteiger partial charge in [-0.3, -0.25) is 9.88 Å². The van der Waals surface area contributed by atoms with Gasteiger partial charge in [-0.05, 0) is 42.5 Å². The summed E-state index contributed by atoms with van der Waals surface area (Å²) in [4.78, 5) is 8.12. The maximum absolute atomic E-state index is 6.25. The summed E-state index contributed by atoms with van der Waals surface area (Å²) in [5.74, 6) is 0. The van der Waals surface area contributed by atoms with E-state index in [0.29, 0.717) is 13.2 Å². The van der Waals surface area contributed by atoms with Crippen molar-refractivity contribution in [3.8, 4) is 0 Å². The van der Waals surface area contributed by atoms with E-state index < -0.39 is 0 Å². The predicted molar refractivity (Wildman–Crippen MR) is 94.9 cm³/mol. The van der Waals surface area contributed by atoms with Crippen molar-refractivity contribution in [3.05, 3.63) is 52.5 Å². The number of hydrogen-bond donors (Lipinski definition) is 0. The van der Waals surface area contributed by atoms with E-state index in [1.54, 1.807) is 6.20 Å². The normalized spacial score (nSPS) is 27.8. The molecular formula is C19H24N2O2S. The van der Waals surface area contributed by atoms with Crippen LogP contribution in [0.1, 0.15) is 29.7 Å². The Morgan fingerprint density at radius 3 is 3.21 bits per heavy atom. The first-order valence-corrected chi connectivity index (χ1v) is 9.59. The van der Waals surface area contributed by atoms with Crippen LogP contribution in [-0.4, -0.2) is 41.3 Å². The molecule has 1 spiro atoms. The molecule has 2 atom stereocenters. The van der Waals surface area contributed by atoms with Crippen LogP contribution in [0, 0.1) is 0 Å². The summed E-state index contributed by atoms with van der Waals surface area (Å²) < 4.78 is 12.3. The van der Waals surface area contributed by atoms with E-state index in [9.17, 15) is 0 Å². The minimum Gasteiger partial charge on any atom is -0.371 e. The van der Waals surface area contributed by atoms with Gasteiger partial charge in [-0.1, -0.05) is 12.1 Å². The third-order valence-corrected chi connectivity index (χ3v) is 5.82. The number of piperidine rings is 1. The second-order valence-electron chi connectivity index (χ2n) is 6.89. The number of rotatable bonds is 5. The molecule has 0 saturated carbocycles. The molecule has 2 aliphatic heterocycles. The Bertz CT molecular complexity index is 634. The highest BCUT2D eigenvalue weighted by molar-refractivity contribution is 7.09. The van der Waals surface area contributed by atoms with Crippen LogP contribution >= 0.6 is 11.3 Å². The van der Waals surface area contributed by atoms with Gasteiger partial charge in [0.1, 0.15) is 0 Å². The molecule has 0 amide bonds. The number of thiophene rings is 1. The first-order valence-electron chi connectivity index (χ1n) is 8.71. The van der Waals surface area contributed by atoms with E-state index in [2.05, 4.69) is 33.5 Å². The minimum absolute atomic E-state index is 0.00485. The Hall–Kier alpha value is -1.27. The van der Waals surface area contributed by atoms with Gasteiger partial charge in [-0.15, -0.1) is 11.3 Å². The van der Waals surface area contributed by atoms with Crippen LogP contribution in [0.15, 0.2) is 42.0 Å². The largest absolute Gasteiger partial charge is 0.371 e. The molecule has 0 unspecified atom stereocenters. The fourth-order valence-electron chi connectivity index (χ4n) is 3.84. The van der Waals surface area contributed by atoms with Crippen LogP contribution in [0.25, 0.3) is 0 Å². The van der Waals surface area contributed by atoms with Gasteiger partial charge >= 0.3 is 0 Å². The van der Waals surface area contributed by atoms with Gasteiger partial charge in [0.25, 0.3) is 0 Å². The SMILES string of the molecule is c1cncc(CO[C@H]2CO[C@]3(CCCN(Cc4cccs4)C3)C2)c1. The zero-order chi connectivity index (χ0) is 16.2. The number of nitrogens with zero attached hydrogens (tertiary/aromatic N) is 2. The lowest BCUT2D eigenvalue weighted by molar-refractivity contribution is -0.0546. The van der Waals surface area contributed by atoms with Crippen molar-refractivity contribution in [2.75, 3.05) is 19.7 Å². The molecule has 4 nitrogen and oxygen atoms in total. The molecule has 0 aliphatic carbocycles.